The molecule has 0 bridgehead atoms. The lowest BCUT2D eigenvalue weighted by molar-refractivity contribution is -0.125. The molecule has 0 saturated heterocycles. The summed E-state index contributed by atoms with van der Waals surface area (Å²) in [6.07, 6.45) is 9.70. The van der Waals surface area contributed by atoms with E-state index in [-0.39, 0.29) is 17.5 Å². The number of hydrazine groups is 1. The Morgan fingerprint density at radius 1 is 1.07 bits per heavy atom. The SMILES string of the molecule is O=C(NN[C@H](C(=O)NCc1ccccc1)C1CCCCC1)c1cnccn1. The van der Waals surface area contributed by atoms with E-state index in [1.54, 1.807) is 0 Å². The molecule has 1 aliphatic rings. The fraction of sp³-hybridized carbons (Fsp3) is 0.400. The van der Waals surface area contributed by atoms with Crippen LogP contribution in [-0.4, -0.2) is 27.8 Å². The Hall–Kier alpha value is -2.80. The van der Waals surface area contributed by atoms with Crippen LogP contribution < -0.4 is 16.2 Å². The minimum absolute atomic E-state index is 0.106. The Morgan fingerprint density at radius 3 is 2.56 bits per heavy atom. The third-order valence-electron chi connectivity index (χ3n) is 4.85. The van der Waals surface area contributed by atoms with Crippen LogP contribution in [-0.2, 0) is 11.3 Å². The van der Waals surface area contributed by atoms with Gasteiger partial charge >= 0.3 is 0 Å². The molecule has 0 spiro atoms. The largest absolute Gasteiger partial charge is 0.351 e. The van der Waals surface area contributed by atoms with Crippen LogP contribution in [0, 0.1) is 5.92 Å². The summed E-state index contributed by atoms with van der Waals surface area (Å²) >= 11 is 0. The van der Waals surface area contributed by atoms with Gasteiger partial charge in [0, 0.05) is 18.9 Å². The summed E-state index contributed by atoms with van der Waals surface area (Å²) < 4.78 is 0. The molecule has 2 aromatic rings. The Bertz CT molecular complexity index is 733. The number of hydrogen-bond donors (Lipinski definition) is 3. The molecule has 7 nitrogen and oxygen atoms in total. The molecule has 7 heteroatoms. The Labute approximate surface area is 159 Å². The van der Waals surface area contributed by atoms with Gasteiger partial charge in [0.05, 0.1) is 6.20 Å². The molecule has 1 aromatic heterocycles. The van der Waals surface area contributed by atoms with Crippen LogP contribution in [0.4, 0.5) is 0 Å². The maximum atomic E-state index is 12.8. The van der Waals surface area contributed by atoms with Crippen LogP contribution in [0.2, 0.25) is 0 Å². The smallest absolute Gasteiger partial charge is 0.285 e. The van der Waals surface area contributed by atoms with E-state index in [0.717, 1.165) is 31.2 Å². The lowest BCUT2D eigenvalue weighted by atomic mass is 9.83. The summed E-state index contributed by atoms with van der Waals surface area (Å²) in [5.74, 6) is -0.318. The van der Waals surface area contributed by atoms with E-state index in [4.69, 9.17) is 0 Å². The highest BCUT2D eigenvalue weighted by Crippen LogP contribution is 2.26. The summed E-state index contributed by atoms with van der Waals surface area (Å²) in [6, 6.07) is 9.30. The second-order valence-electron chi connectivity index (χ2n) is 6.77. The molecule has 27 heavy (non-hydrogen) atoms. The van der Waals surface area contributed by atoms with Gasteiger partial charge in [0.1, 0.15) is 11.7 Å². The van der Waals surface area contributed by atoms with E-state index in [9.17, 15) is 9.59 Å². The van der Waals surface area contributed by atoms with Gasteiger partial charge in [-0.3, -0.25) is 20.0 Å². The monoisotopic (exact) mass is 367 g/mol. The van der Waals surface area contributed by atoms with E-state index in [1.165, 1.54) is 25.0 Å². The standard InChI is InChI=1S/C20H25N5O2/c26-19(17-14-21-11-12-22-17)25-24-18(16-9-5-2-6-10-16)20(27)23-13-15-7-3-1-4-8-15/h1,3-4,7-8,11-12,14,16,18,24H,2,5-6,9-10,13H2,(H,23,27)(H,25,26)/t18-/m0/s1. The topological polar surface area (TPSA) is 96.0 Å². The number of amides is 2. The van der Waals surface area contributed by atoms with Crippen molar-refractivity contribution < 1.29 is 9.59 Å². The molecule has 0 radical (unpaired) electrons. The zero-order valence-electron chi connectivity index (χ0n) is 15.2. The first-order chi connectivity index (χ1) is 13.2. The molecule has 1 aliphatic carbocycles. The normalized spacial score (nSPS) is 15.7. The highest BCUT2D eigenvalue weighted by atomic mass is 16.2. The van der Waals surface area contributed by atoms with E-state index in [1.807, 2.05) is 30.3 Å². The molecule has 1 saturated carbocycles. The maximum Gasteiger partial charge on any atom is 0.285 e. The van der Waals surface area contributed by atoms with E-state index in [2.05, 4.69) is 26.1 Å². The molecular formula is C20H25N5O2. The van der Waals surface area contributed by atoms with Crippen molar-refractivity contribution in [2.75, 3.05) is 0 Å². The van der Waals surface area contributed by atoms with Gasteiger partial charge in [-0.25, -0.2) is 10.4 Å². The van der Waals surface area contributed by atoms with E-state index in [0.29, 0.717) is 6.54 Å². The van der Waals surface area contributed by atoms with Crippen molar-refractivity contribution in [3.05, 3.63) is 60.2 Å². The fourth-order valence-electron chi connectivity index (χ4n) is 3.38. The van der Waals surface area contributed by atoms with Crippen LogP contribution in [0.1, 0.15) is 48.2 Å². The minimum Gasteiger partial charge on any atom is -0.351 e. The fourth-order valence-corrected chi connectivity index (χ4v) is 3.38. The number of rotatable bonds is 7. The Morgan fingerprint density at radius 2 is 1.85 bits per heavy atom. The number of nitrogens with zero attached hydrogens (tertiary/aromatic N) is 2. The van der Waals surface area contributed by atoms with Crippen LogP contribution in [0.25, 0.3) is 0 Å². The number of carbonyl (C=O) groups excluding carboxylic acids is 2. The Kier molecular flexibility index (Phi) is 6.87. The lowest BCUT2D eigenvalue weighted by Crippen LogP contribution is -2.55. The first-order valence-corrected chi connectivity index (χ1v) is 9.37. The van der Waals surface area contributed by atoms with Gasteiger partial charge < -0.3 is 5.32 Å². The summed E-state index contributed by atoms with van der Waals surface area (Å²) in [7, 11) is 0. The van der Waals surface area contributed by atoms with Crippen molar-refractivity contribution in [3.8, 4) is 0 Å². The highest BCUT2D eigenvalue weighted by Gasteiger charge is 2.30. The molecular weight excluding hydrogens is 342 g/mol. The predicted molar refractivity (Wildman–Crippen MR) is 101 cm³/mol. The first-order valence-electron chi connectivity index (χ1n) is 9.37. The molecule has 1 aromatic carbocycles. The molecule has 3 rings (SSSR count). The number of carbonyl (C=O) groups is 2. The first kappa shape index (κ1) is 19.0. The van der Waals surface area contributed by atoms with Crippen molar-refractivity contribution in [1.29, 1.82) is 0 Å². The summed E-state index contributed by atoms with van der Waals surface area (Å²) in [5.41, 5.74) is 6.81. The Balaban J connectivity index is 1.61. The number of aromatic nitrogens is 2. The van der Waals surface area contributed by atoms with Crippen molar-refractivity contribution in [3.63, 3.8) is 0 Å². The lowest BCUT2D eigenvalue weighted by Gasteiger charge is -2.30. The maximum absolute atomic E-state index is 12.8. The zero-order valence-corrected chi connectivity index (χ0v) is 15.2. The van der Waals surface area contributed by atoms with Gasteiger partial charge in [-0.15, -0.1) is 0 Å². The average molecular weight is 367 g/mol. The van der Waals surface area contributed by atoms with Gasteiger partial charge in [0.25, 0.3) is 5.91 Å². The van der Waals surface area contributed by atoms with Crippen LogP contribution in [0.3, 0.4) is 0 Å². The third kappa shape index (κ3) is 5.59. The molecule has 1 fully saturated rings. The number of hydrogen-bond acceptors (Lipinski definition) is 5. The molecule has 3 N–H and O–H groups in total. The number of benzene rings is 1. The summed E-state index contributed by atoms with van der Waals surface area (Å²) in [5, 5.41) is 2.98. The van der Waals surface area contributed by atoms with Crippen molar-refractivity contribution in [1.82, 2.24) is 26.1 Å². The van der Waals surface area contributed by atoms with Gasteiger partial charge in [-0.05, 0) is 24.3 Å². The molecule has 1 atom stereocenters. The highest BCUT2D eigenvalue weighted by molar-refractivity contribution is 5.92. The minimum atomic E-state index is -0.477. The zero-order chi connectivity index (χ0) is 18.9. The second kappa shape index (κ2) is 9.78. The molecule has 2 amide bonds. The van der Waals surface area contributed by atoms with Gasteiger partial charge in [-0.1, -0.05) is 49.6 Å². The van der Waals surface area contributed by atoms with Crippen LogP contribution >= 0.6 is 0 Å². The van der Waals surface area contributed by atoms with Gasteiger partial charge in [0.15, 0.2) is 0 Å². The van der Waals surface area contributed by atoms with Crippen LogP contribution in [0.5, 0.6) is 0 Å². The van der Waals surface area contributed by atoms with Crippen molar-refractivity contribution in [2.45, 2.75) is 44.7 Å². The number of nitrogens with one attached hydrogen (secondary N) is 3. The molecule has 142 valence electrons. The van der Waals surface area contributed by atoms with Gasteiger partial charge in [-0.2, -0.15) is 0 Å². The summed E-state index contributed by atoms with van der Waals surface area (Å²) in [4.78, 5) is 32.9. The second-order valence-corrected chi connectivity index (χ2v) is 6.77. The average Bonchev–Trinajstić information content (AvgIpc) is 2.74. The van der Waals surface area contributed by atoms with Crippen LogP contribution in [0.15, 0.2) is 48.9 Å². The molecule has 0 unspecified atom stereocenters. The van der Waals surface area contributed by atoms with E-state index < -0.39 is 11.9 Å². The quantitative estimate of drug-likeness (QED) is 0.650. The molecule has 1 heterocycles. The third-order valence-corrected chi connectivity index (χ3v) is 4.85. The predicted octanol–water partition coefficient (Wildman–Crippen LogP) is 1.98. The molecule has 0 aliphatic heterocycles. The van der Waals surface area contributed by atoms with Crippen molar-refractivity contribution in [2.24, 2.45) is 5.92 Å². The summed E-state index contributed by atoms with van der Waals surface area (Å²) in [6.45, 7) is 0.461. The van der Waals surface area contributed by atoms with E-state index >= 15 is 0 Å². The van der Waals surface area contributed by atoms with Crippen molar-refractivity contribution >= 4 is 11.8 Å². The van der Waals surface area contributed by atoms with Gasteiger partial charge in [0.2, 0.25) is 5.91 Å².